The van der Waals surface area contributed by atoms with Gasteiger partial charge in [0.2, 0.25) is 0 Å². The minimum absolute atomic E-state index is 0.196. The Labute approximate surface area is 236 Å². The predicted octanol–water partition coefficient (Wildman–Crippen LogP) is 5.62. The van der Waals surface area contributed by atoms with Crippen LogP contribution in [-0.4, -0.2) is 54.9 Å². The molecule has 204 valence electrons. The van der Waals surface area contributed by atoms with E-state index in [0.29, 0.717) is 16.7 Å². The van der Waals surface area contributed by atoms with E-state index in [1.165, 1.54) is 13.3 Å². The number of nitrogens with zero attached hydrogens (tertiary/aromatic N) is 1. The molecule has 3 atom stereocenters. The summed E-state index contributed by atoms with van der Waals surface area (Å²) in [4.78, 5) is 42.7. The van der Waals surface area contributed by atoms with Gasteiger partial charge in [-0.1, -0.05) is 74.2 Å². The molecular weight excluding hydrogens is 566 g/mol. The van der Waals surface area contributed by atoms with Crippen LogP contribution in [0.25, 0.3) is 0 Å². The molecule has 3 rings (SSSR count). The Morgan fingerprint density at radius 2 is 1.13 bits per heavy atom. The van der Waals surface area contributed by atoms with Gasteiger partial charge in [-0.15, -0.1) is 0 Å². The third-order valence-corrected chi connectivity index (χ3v) is 6.50. The third-order valence-electron chi connectivity index (χ3n) is 5.72. The fourth-order valence-electron chi connectivity index (χ4n) is 3.44. The van der Waals surface area contributed by atoms with Gasteiger partial charge in [0.15, 0.2) is 12.2 Å². The number of aryl methyl sites for hydroxylation is 3. The molecule has 8 nitrogen and oxygen atoms in total. The first-order chi connectivity index (χ1) is 18.7. The zero-order valence-corrected chi connectivity index (χ0v) is 23.7. The van der Waals surface area contributed by atoms with Crippen molar-refractivity contribution in [1.29, 1.82) is 0 Å². The second-order valence-corrected chi connectivity index (χ2v) is 10.1. The lowest BCUT2D eigenvalue weighted by Gasteiger charge is -2.28. The molecule has 0 amide bonds. The van der Waals surface area contributed by atoms with Crippen LogP contribution in [0, 0.1) is 20.8 Å². The van der Waals surface area contributed by atoms with Crippen molar-refractivity contribution in [3.63, 3.8) is 0 Å². The third kappa shape index (κ3) is 8.78. The number of rotatable bonds is 11. The highest BCUT2D eigenvalue weighted by Gasteiger charge is 2.35. The number of ether oxygens (including phenoxy) is 3. The van der Waals surface area contributed by atoms with E-state index >= 15 is 0 Å². The number of esters is 3. The average Bonchev–Trinajstić information content (AvgIpc) is 2.93. The van der Waals surface area contributed by atoms with E-state index in [1.807, 2.05) is 20.8 Å². The van der Waals surface area contributed by atoms with Crippen LogP contribution >= 0.6 is 15.9 Å². The molecule has 0 N–H and O–H groups in total. The largest absolute Gasteiger partial charge is 0.461 e. The van der Waals surface area contributed by atoms with Crippen LogP contribution in [0.3, 0.4) is 0 Å². The van der Waals surface area contributed by atoms with E-state index in [9.17, 15) is 14.4 Å². The van der Waals surface area contributed by atoms with E-state index in [2.05, 4.69) is 21.1 Å². The van der Waals surface area contributed by atoms with Crippen molar-refractivity contribution in [1.82, 2.24) is 0 Å². The van der Waals surface area contributed by atoms with Crippen molar-refractivity contribution < 1.29 is 33.4 Å². The Morgan fingerprint density at radius 3 is 1.56 bits per heavy atom. The number of carbonyl (C=O) groups is 3. The van der Waals surface area contributed by atoms with Gasteiger partial charge in [0, 0.05) is 0 Å². The fraction of sp³-hybridized carbons (Fsp3) is 0.267. The quantitative estimate of drug-likeness (QED) is 0.0932. The lowest BCUT2D eigenvalue weighted by molar-refractivity contribution is -0.0209. The first-order valence-corrected chi connectivity index (χ1v) is 13.1. The Kier molecular flexibility index (Phi) is 10.8. The maximum Gasteiger partial charge on any atom is 0.338 e. The van der Waals surface area contributed by atoms with Gasteiger partial charge in [-0.25, -0.2) is 14.4 Å². The van der Waals surface area contributed by atoms with Crippen LogP contribution in [0.2, 0.25) is 0 Å². The molecule has 39 heavy (non-hydrogen) atoms. The number of benzene rings is 3. The SMILES string of the molecule is CO/N=C/[C@@H](OC(=O)c1ccc(C)cc1)[C@@H](OC(=O)c1ccc(C)cc1)[C@H](Br)COC(=O)c1ccc(C)cc1. The molecule has 3 aromatic rings. The highest BCUT2D eigenvalue weighted by molar-refractivity contribution is 9.09. The second kappa shape index (κ2) is 14.2. The van der Waals surface area contributed by atoms with Gasteiger partial charge in [0.05, 0.1) is 27.7 Å². The Balaban J connectivity index is 1.85. The van der Waals surface area contributed by atoms with E-state index < -0.39 is 34.9 Å². The first-order valence-electron chi connectivity index (χ1n) is 12.2. The molecule has 0 fully saturated rings. The van der Waals surface area contributed by atoms with Gasteiger partial charge in [-0.05, 0) is 57.2 Å². The molecule has 0 unspecified atom stereocenters. The molecule has 0 heterocycles. The lowest BCUT2D eigenvalue weighted by Crippen LogP contribution is -2.44. The Morgan fingerprint density at radius 1 is 0.718 bits per heavy atom. The van der Waals surface area contributed by atoms with Gasteiger partial charge < -0.3 is 19.0 Å². The van der Waals surface area contributed by atoms with Crippen LogP contribution < -0.4 is 0 Å². The van der Waals surface area contributed by atoms with Crippen molar-refractivity contribution in [2.45, 2.75) is 37.8 Å². The number of carbonyl (C=O) groups excluding carboxylic acids is 3. The average molecular weight is 596 g/mol. The molecule has 0 bridgehead atoms. The van der Waals surface area contributed by atoms with E-state index in [0.717, 1.165) is 16.7 Å². The van der Waals surface area contributed by atoms with Gasteiger partial charge >= 0.3 is 17.9 Å². The molecule has 9 heteroatoms. The molecule has 0 aliphatic rings. The van der Waals surface area contributed by atoms with E-state index in [-0.39, 0.29) is 6.61 Å². The van der Waals surface area contributed by atoms with Gasteiger partial charge in [-0.2, -0.15) is 0 Å². The molecule has 0 aliphatic heterocycles. The molecule has 0 aromatic heterocycles. The summed E-state index contributed by atoms with van der Waals surface area (Å²) in [5, 5.41) is 3.76. The second-order valence-electron chi connectivity index (χ2n) is 8.89. The van der Waals surface area contributed by atoms with Crippen molar-refractivity contribution in [3.8, 4) is 0 Å². The zero-order chi connectivity index (χ0) is 28.4. The minimum Gasteiger partial charge on any atom is -0.461 e. The van der Waals surface area contributed by atoms with Crippen molar-refractivity contribution in [2.24, 2.45) is 5.16 Å². The summed E-state index contributed by atoms with van der Waals surface area (Å²) in [5.74, 6) is -1.87. The van der Waals surface area contributed by atoms with Gasteiger partial charge in [-0.3, -0.25) is 0 Å². The number of alkyl halides is 1. The van der Waals surface area contributed by atoms with Crippen molar-refractivity contribution in [3.05, 3.63) is 106 Å². The van der Waals surface area contributed by atoms with E-state index in [1.54, 1.807) is 72.8 Å². The maximum atomic E-state index is 13.1. The standard InChI is InChI=1S/C30H30BrNO7/c1-19-5-11-22(12-6-19)28(33)37-18-25(31)27(39-30(35)24-15-9-21(3)10-16-24)26(17-32-36-4)38-29(34)23-13-7-20(2)8-14-23/h5-17,25-27H,18H2,1-4H3/b32-17+/t25-,26-,27+/m1/s1. The fourth-order valence-corrected chi connectivity index (χ4v) is 3.98. The molecule has 0 aliphatic carbocycles. The normalized spacial score (nSPS) is 13.3. The van der Waals surface area contributed by atoms with Gasteiger partial charge in [0.1, 0.15) is 13.7 Å². The van der Waals surface area contributed by atoms with Crippen LogP contribution in [0.4, 0.5) is 0 Å². The number of hydrogen-bond acceptors (Lipinski definition) is 8. The van der Waals surface area contributed by atoms with Crippen LogP contribution in [0.5, 0.6) is 0 Å². The zero-order valence-electron chi connectivity index (χ0n) is 22.1. The summed E-state index contributed by atoms with van der Waals surface area (Å²) in [6, 6.07) is 20.6. The minimum atomic E-state index is -1.18. The molecule has 0 radical (unpaired) electrons. The van der Waals surface area contributed by atoms with Crippen LogP contribution in [0.1, 0.15) is 47.8 Å². The highest BCUT2D eigenvalue weighted by atomic mass is 79.9. The summed E-state index contributed by atoms with van der Waals surface area (Å²) in [5.41, 5.74) is 3.93. The molecular formula is C30H30BrNO7. The molecule has 3 aromatic carbocycles. The molecule has 0 saturated heterocycles. The highest BCUT2D eigenvalue weighted by Crippen LogP contribution is 2.21. The van der Waals surface area contributed by atoms with Crippen LogP contribution in [0.15, 0.2) is 78.0 Å². The number of hydrogen-bond donors (Lipinski definition) is 0. The summed E-state index contributed by atoms with van der Waals surface area (Å²) in [6.07, 6.45) is -1.11. The smallest absolute Gasteiger partial charge is 0.338 e. The maximum absolute atomic E-state index is 13.1. The topological polar surface area (TPSA) is 100 Å². The monoisotopic (exact) mass is 595 g/mol. The van der Waals surface area contributed by atoms with Crippen LogP contribution in [-0.2, 0) is 19.0 Å². The summed E-state index contributed by atoms with van der Waals surface area (Å²) < 4.78 is 17.0. The van der Waals surface area contributed by atoms with Crippen molar-refractivity contribution >= 4 is 40.1 Å². The molecule has 0 spiro atoms. The molecule has 0 saturated carbocycles. The Bertz CT molecular complexity index is 1290. The lowest BCUT2D eigenvalue weighted by atomic mass is 10.1. The summed E-state index contributed by atoms with van der Waals surface area (Å²) in [7, 11) is 1.33. The predicted molar refractivity (Wildman–Crippen MR) is 150 cm³/mol. The van der Waals surface area contributed by atoms with Crippen molar-refractivity contribution in [2.75, 3.05) is 13.7 Å². The summed E-state index contributed by atoms with van der Waals surface area (Å²) >= 11 is 3.47. The van der Waals surface area contributed by atoms with Gasteiger partial charge in [0.25, 0.3) is 0 Å². The number of oxime groups is 1. The number of halogens is 1. The summed E-state index contributed by atoms with van der Waals surface area (Å²) in [6.45, 7) is 5.52. The van der Waals surface area contributed by atoms with E-state index in [4.69, 9.17) is 19.0 Å². The Hall–Kier alpha value is -3.98. The first kappa shape index (κ1) is 29.6.